The molecule has 5 nitrogen and oxygen atoms in total. The minimum atomic E-state index is -4.18. The van der Waals surface area contributed by atoms with E-state index in [2.05, 4.69) is 15.6 Å². The zero-order valence-electron chi connectivity index (χ0n) is 11.5. The third-order valence-corrected chi connectivity index (χ3v) is 2.89. The van der Waals surface area contributed by atoms with Crippen LogP contribution in [0.25, 0.3) is 0 Å². The Kier molecular flexibility index (Phi) is 8.21. The van der Waals surface area contributed by atoms with E-state index in [0.29, 0.717) is 25.3 Å². The number of piperidine rings is 1. The van der Waals surface area contributed by atoms with Gasteiger partial charge >= 0.3 is 6.18 Å². The smallest absolute Gasteiger partial charge is 0.356 e. The van der Waals surface area contributed by atoms with Gasteiger partial charge in [0.2, 0.25) is 5.91 Å². The Morgan fingerprint density at radius 1 is 1.50 bits per heavy atom. The van der Waals surface area contributed by atoms with Gasteiger partial charge in [-0.2, -0.15) is 13.2 Å². The van der Waals surface area contributed by atoms with E-state index in [-0.39, 0.29) is 42.5 Å². The Bertz CT molecular complexity index is 349. The van der Waals surface area contributed by atoms with Crippen molar-refractivity contribution in [1.29, 1.82) is 0 Å². The predicted octanol–water partition coefficient (Wildman–Crippen LogP) is 1.34. The maximum absolute atomic E-state index is 12.0. The number of alkyl halides is 3. The van der Waals surface area contributed by atoms with Crippen LogP contribution in [0.2, 0.25) is 0 Å². The average Bonchev–Trinajstić information content (AvgIpc) is 2.31. The molecule has 20 heavy (non-hydrogen) atoms. The van der Waals surface area contributed by atoms with Crippen LogP contribution >= 0.6 is 24.0 Å². The van der Waals surface area contributed by atoms with Gasteiger partial charge in [-0.25, -0.2) is 0 Å². The van der Waals surface area contributed by atoms with Crippen LogP contribution in [0.1, 0.15) is 19.3 Å². The second-order valence-corrected chi connectivity index (χ2v) is 4.52. The molecule has 1 saturated heterocycles. The van der Waals surface area contributed by atoms with Gasteiger partial charge in [0.1, 0.15) is 0 Å². The van der Waals surface area contributed by atoms with Crippen molar-refractivity contribution in [3.05, 3.63) is 0 Å². The molecule has 1 atom stereocenters. The van der Waals surface area contributed by atoms with Crippen LogP contribution in [0.5, 0.6) is 0 Å². The number of likely N-dealkylation sites (N-methyl/N-ethyl adjacent to an activating group) is 1. The number of carbonyl (C=O) groups excluding carboxylic acids is 1. The predicted molar refractivity (Wildman–Crippen MR) is 81.2 cm³/mol. The topological polar surface area (TPSA) is 56.7 Å². The lowest BCUT2D eigenvalue weighted by Crippen LogP contribution is -2.52. The van der Waals surface area contributed by atoms with Crippen LogP contribution < -0.4 is 10.6 Å². The summed E-state index contributed by atoms with van der Waals surface area (Å²) in [4.78, 5) is 16.8. The highest BCUT2D eigenvalue weighted by Gasteiger charge is 2.27. The molecule has 1 amide bonds. The Hall–Kier alpha value is -0.740. The SMILES string of the molecule is CN=C(NCCC(F)(F)F)NC1CCC(=O)N(C)C1.I. The van der Waals surface area contributed by atoms with Crippen molar-refractivity contribution in [3.63, 3.8) is 0 Å². The first-order valence-corrected chi connectivity index (χ1v) is 6.09. The standard InChI is InChI=1S/C11H19F3N4O.HI/c1-15-10(16-6-5-11(12,13)14)17-8-3-4-9(19)18(2)7-8;/h8H,3-7H2,1-2H3,(H2,15,16,17);1H. The summed E-state index contributed by atoms with van der Waals surface area (Å²) in [6.45, 7) is 0.309. The number of nitrogens with one attached hydrogen (secondary N) is 2. The molecule has 118 valence electrons. The van der Waals surface area contributed by atoms with Gasteiger partial charge in [-0.3, -0.25) is 9.79 Å². The minimum absolute atomic E-state index is 0. The molecule has 1 rings (SSSR count). The summed E-state index contributed by atoms with van der Waals surface area (Å²) in [5, 5.41) is 5.64. The summed E-state index contributed by atoms with van der Waals surface area (Å²) in [5.74, 6) is 0.412. The summed E-state index contributed by atoms with van der Waals surface area (Å²) >= 11 is 0. The van der Waals surface area contributed by atoms with E-state index in [4.69, 9.17) is 0 Å². The largest absolute Gasteiger partial charge is 0.390 e. The fraction of sp³-hybridized carbons (Fsp3) is 0.818. The van der Waals surface area contributed by atoms with Crippen molar-refractivity contribution < 1.29 is 18.0 Å². The van der Waals surface area contributed by atoms with Crippen molar-refractivity contribution in [2.24, 2.45) is 4.99 Å². The molecular weight excluding hydrogens is 388 g/mol. The van der Waals surface area contributed by atoms with E-state index in [1.54, 1.807) is 11.9 Å². The van der Waals surface area contributed by atoms with E-state index in [9.17, 15) is 18.0 Å². The van der Waals surface area contributed by atoms with Crippen LogP contribution in [0.15, 0.2) is 4.99 Å². The molecule has 1 heterocycles. The zero-order chi connectivity index (χ0) is 14.5. The maximum Gasteiger partial charge on any atom is 0.390 e. The summed E-state index contributed by atoms with van der Waals surface area (Å²) in [5.41, 5.74) is 0. The van der Waals surface area contributed by atoms with Gasteiger partial charge in [0, 0.05) is 39.6 Å². The molecule has 1 unspecified atom stereocenters. The van der Waals surface area contributed by atoms with E-state index in [1.807, 2.05) is 0 Å². The lowest BCUT2D eigenvalue weighted by atomic mass is 10.1. The highest BCUT2D eigenvalue weighted by molar-refractivity contribution is 14.0. The molecule has 9 heteroatoms. The van der Waals surface area contributed by atoms with Crippen LogP contribution in [0, 0.1) is 0 Å². The summed E-state index contributed by atoms with van der Waals surface area (Å²) in [6, 6.07) is 0.0137. The zero-order valence-corrected chi connectivity index (χ0v) is 13.8. The fourth-order valence-corrected chi connectivity index (χ4v) is 1.84. The lowest BCUT2D eigenvalue weighted by molar-refractivity contribution is -0.133. The summed E-state index contributed by atoms with van der Waals surface area (Å²) in [7, 11) is 3.20. The van der Waals surface area contributed by atoms with Gasteiger partial charge in [0.25, 0.3) is 0 Å². The molecule has 0 aromatic rings. The van der Waals surface area contributed by atoms with Crippen LogP contribution in [-0.4, -0.2) is 56.2 Å². The van der Waals surface area contributed by atoms with Crippen LogP contribution in [0.3, 0.4) is 0 Å². The van der Waals surface area contributed by atoms with Crippen LogP contribution in [0.4, 0.5) is 13.2 Å². The second kappa shape index (κ2) is 8.53. The van der Waals surface area contributed by atoms with Gasteiger partial charge in [-0.15, -0.1) is 24.0 Å². The molecule has 0 aliphatic carbocycles. The Morgan fingerprint density at radius 3 is 2.65 bits per heavy atom. The number of likely N-dealkylation sites (tertiary alicyclic amines) is 1. The van der Waals surface area contributed by atoms with Crippen molar-refractivity contribution in [3.8, 4) is 0 Å². The first kappa shape index (κ1) is 19.3. The van der Waals surface area contributed by atoms with E-state index < -0.39 is 12.6 Å². The molecule has 0 aromatic heterocycles. The summed E-state index contributed by atoms with van der Waals surface area (Å²) in [6.07, 6.45) is -3.99. The molecule has 0 saturated carbocycles. The third kappa shape index (κ3) is 7.15. The average molecular weight is 408 g/mol. The van der Waals surface area contributed by atoms with Gasteiger partial charge in [0.05, 0.1) is 6.42 Å². The monoisotopic (exact) mass is 408 g/mol. The molecule has 0 spiro atoms. The second-order valence-electron chi connectivity index (χ2n) is 4.52. The van der Waals surface area contributed by atoms with Gasteiger partial charge in [0.15, 0.2) is 5.96 Å². The molecule has 0 bridgehead atoms. The number of nitrogens with zero attached hydrogens (tertiary/aromatic N) is 2. The quantitative estimate of drug-likeness (QED) is 0.421. The first-order valence-electron chi connectivity index (χ1n) is 6.09. The van der Waals surface area contributed by atoms with Gasteiger partial charge in [-0.05, 0) is 6.42 Å². The number of rotatable bonds is 3. The summed E-state index contributed by atoms with van der Waals surface area (Å²) < 4.78 is 36.1. The fourth-order valence-electron chi connectivity index (χ4n) is 1.84. The number of halogens is 4. The van der Waals surface area contributed by atoms with Gasteiger partial charge in [-0.1, -0.05) is 0 Å². The van der Waals surface area contributed by atoms with Crippen molar-refractivity contribution >= 4 is 35.8 Å². The van der Waals surface area contributed by atoms with Crippen molar-refractivity contribution in [1.82, 2.24) is 15.5 Å². The molecule has 0 aromatic carbocycles. The third-order valence-electron chi connectivity index (χ3n) is 2.89. The Balaban J connectivity index is 0.00000361. The Morgan fingerprint density at radius 2 is 2.15 bits per heavy atom. The first-order chi connectivity index (χ1) is 8.81. The van der Waals surface area contributed by atoms with Crippen molar-refractivity contribution in [2.75, 3.05) is 27.2 Å². The number of carbonyl (C=O) groups is 1. The van der Waals surface area contributed by atoms with Crippen LogP contribution in [-0.2, 0) is 4.79 Å². The lowest BCUT2D eigenvalue weighted by Gasteiger charge is -2.31. The number of aliphatic imine (C=N–C) groups is 1. The van der Waals surface area contributed by atoms with E-state index in [0.717, 1.165) is 0 Å². The molecule has 0 radical (unpaired) electrons. The maximum atomic E-state index is 12.0. The number of guanidine groups is 1. The highest BCUT2D eigenvalue weighted by Crippen LogP contribution is 2.18. The highest BCUT2D eigenvalue weighted by atomic mass is 127. The molecule has 1 aliphatic rings. The Labute approximate surface area is 133 Å². The molecule has 1 aliphatic heterocycles. The van der Waals surface area contributed by atoms with Crippen molar-refractivity contribution in [2.45, 2.75) is 31.5 Å². The van der Waals surface area contributed by atoms with E-state index >= 15 is 0 Å². The van der Waals surface area contributed by atoms with E-state index in [1.165, 1.54) is 7.05 Å². The minimum Gasteiger partial charge on any atom is -0.356 e. The number of hydrogen-bond acceptors (Lipinski definition) is 2. The number of hydrogen-bond donors (Lipinski definition) is 2. The molecule has 1 fully saturated rings. The number of amides is 1. The molecular formula is C11H20F3IN4O. The normalized spacial score (nSPS) is 20.4. The van der Waals surface area contributed by atoms with Gasteiger partial charge < -0.3 is 15.5 Å². The molecule has 2 N–H and O–H groups in total.